The smallest absolute Gasteiger partial charge is 0.255 e. The minimum absolute atomic E-state index is 0.0240. The monoisotopic (exact) mass is 643 g/mol. The molecule has 0 spiro atoms. The second kappa shape index (κ2) is 11.9. The Balaban J connectivity index is 1.49. The van der Waals surface area contributed by atoms with Gasteiger partial charge in [0.1, 0.15) is 17.2 Å². The molecular weight excluding hydrogens is 608 g/mol. The molecule has 0 saturated heterocycles. The van der Waals surface area contributed by atoms with E-state index in [0.717, 1.165) is 12.8 Å². The zero-order valence-electron chi connectivity index (χ0n) is 24.5. The average Bonchev–Trinajstić information content (AvgIpc) is 3.75. The van der Waals surface area contributed by atoms with E-state index in [9.17, 15) is 20.1 Å². The molecule has 2 saturated carbocycles. The van der Waals surface area contributed by atoms with Crippen LogP contribution in [0.25, 0.3) is 0 Å². The molecular formula is C33H36Cl2FN3O5. The standard InChI is InChI=1S/C33H36Cl2FN3O5/c1-31(43,20-4-8-25(41)9-5-20)22-12-26-29(27(36)13-22)33(21-2-6-23(34)7-3-21,19-44-18-32(17-40)10-11-32)39(30(26)42)16-28-37-14-24(35)15-38-28/h2-3,6-7,12-15,20,25,40-41,43H,4-5,8-11,16-19H2,1H3/t20?,25?,31?,33-/m0/s1. The number of aliphatic hydroxyl groups is 3. The van der Waals surface area contributed by atoms with Crippen molar-refractivity contribution in [1.82, 2.24) is 14.9 Å². The number of carbonyl (C=O) groups excluding carboxylic acids is 1. The summed E-state index contributed by atoms with van der Waals surface area (Å²) in [6.07, 6.45) is 6.36. The summed E-state index contributed by atoms with van der Waals surface area (Å²) in [7, 11) is 0. The van der Waals surface area contributed by atoms with E-state index in [0.29, 0.717) is 52.7 Å². The van der Waals surface area contributed by atoms with Crippen LogP contribution in [0.5, 0.6) is 0 Å². The molecule has 11 heteroatoms. The van der Waals surface area contributed by atoms with Gasteiger partial charge in [0.2, 0.25) is 0 Å². The average molecular weight is 645 g/mol. The highest BCUT2D eigenvalue weighted by Crippen LogP contribution is 2.50. The molecule has 234 valence electrons. The summed E-state index contributed by atoms with van der Waals surface area (Å²) in [5.74, 6) is -1.02. The van der Waals surface area contributed by atoms with Crippen LogP contribution < -0.4 is 0 Å². The van der Waals surface area contributed by atoms with Crippen LogP contribution in [0.3, 0.4) is 0 Å². The lowest BCUT2D eigenvalue weighted by atomic mass is 9.73. The predicted octanol–water partition coefficient (Wildman–Crippen LogP) is 5.37. The second-order valence-electron chi connectivity index (χ2n) is 12.8. The number of carbonyl (C=O) groups is 1. The van der Waals surface area contributed by atoms with Crippen molar-refractivity contribution in [2.45, 2.75) is 69.2 Å². The fraction of sp³-hybridized carbons (Fsp3) is 0.485. The van der Waals surface area contributed by atoms with Crippen LogP contribution in [-0.4, -0.2) is 62.0 Å². The Hall–Kier alpha value is -2.66. The van der Waals surface area contributed by atoms with Gasteiger partial charge in [-0.2, -0.15) is 0 Å². The van der Waals surface area contributed by atoms with Gasteiger partial charge in [0.25, 0.3) is 5.91 Å². The summed E-state index contributed by atoms with van der Waals surface area (Å²) in [6.45, 7) is 1.69. The third kappa shape index (κ3) is 5.63. The number of aromatic nitrogens is 2. The van der Waals surface area contributed by atoms with Crippen molar-refractivity contribution in [3.05, 3.63) is 92.7 Å². The summed E-state index contributed by atoms with van der Waals surface area (Å²) in [4.78, 5) is 24.6. The molecule has 0 radical (unpaired) electrons. The molecule has 44 heavy (non-hydrogen) atoms. The lowest BCUT2D eigenvalue weighted by molar-refractivity contribution is -0.0382. The van der Waals surface area contributed by atoms with Crippen molar-refractivity contribution in [3.63, 3.8) is 0 Å². The van der Waals surface area contributed by atoms with Gasteiger partial charge in [-0.3, -0.25) is 4.79 Å². The van der Waals surface area contributed by atoms with Crippen molar-refractivity contribution in [3.8, 4) is 0 Å². The minimum atomic E-state index is -1.44. The number of hydrogen-bond acceptors (Lipinski definition) is 7. The first kappa shape index (κ1) is 31.3. The molecule has 3 N–H and O–H groups in total. The maximum Gasteiger partial charge on any atom is 0.255 e. The Morgan fingerprint density at radius 1 is 1.05 bits per heavy atom. The van der Waals surface area contributed by atoms with Crippen molar-refractivity contribution in [2.24, 2.45) is 11.3 Å². The molecule has 1 unspecified atom stereocenters. The van der Waals surface area contributed by atoms with E-state index in [1.165, 1.54) is 23.4 Å². The fourth-order valence-corrected chi connectivity index (χ4v) is 7.01. The zero-order valence-corrected chi connectivity index (χ0v) is 26.0. The Labute approximate surface area is 265 Å². The van der Waals surface area contributed by atoms with E-state index in [1.54, 1.807) is 37.3 Å². The summed E-state index contributed by atoms with van der Waals surface area (Å²) in [6, 6.07) is 9.78. The number of fused-ring (bicyclic) bond motifs is 1. The van der Waals surface area contributed by atoms with Crippen LogP contribution in [0.4, 0.5) is 4.39 Å². The lowest BCUT2D eigenvalue weighted by Gasteiger charge is -2.40. The summed E-state index contributed by atoms with van der Waals surface area (Å²) in [5.41, 5.74) is -2.08. The van der Waals surface area contributed by atoms with E-state index < -0.39 is 29.0 Å². The highest BCUT2D eigenvalue weighted by Gasteiger charge is 2.55. The van der Waals surface area contributed by atoms with Gasteiger partial charge in [-0.1, -0.05) is 35.3 Å². The van der Waals surface area contributed by atoms with Gasteiger partial charge in [-0.15, -0.1) is 0 Å². The molecule has 2 aromatic carbocycles. The maximum absolute atomic E-state index is 16.7. The first-order valence-electron chi connectivity index (χ1n) is 15.0. The third-order valence-corrected chi connectivity index (χ3v) is 10.3. The van der Waals surface area contributed by atoms with Gasteiger partial charge in [0.15, 0.2) is 0 Å². The Kier molecular flexibility index (Phi) is 8.49. The van der Waals surface area contributed by atoms with Gasteiger partial charge in [0, 0.05) is 34.0 Å². The Morgan fingerprint density at radius 2 is 1.70 bits per heavy atom. The zero-order chi connectivity index (χ0) is 31.3. The van der Waals surface area contributed by atoms with Gasteiger partial charge >= 0.3 is 0 Å². The predicted molar refractivity (Wildman–Crippen MR) is 163 cm³/mol. The van der Waals surface area contributed by atoms with Crippen LogP contribution in [0.15, 0.2) is 48.8 Å². The number of rotatable bonds is 10. The fourth-order valence-electron chi connectivity index (χ4n) is 6.78. The topological polar surface area (TPSA) is 116 Å². The van der Waals surface area contributed by atoms with Gasteiger partial charge in [-0.25, -0.2) is 14.4 Å². The number of benzene rings is 2. The summed E-state index contributed by atoms with van der Waals surface area (Å²) < 4.78 is 23.0. The Bertz CT molecular complexity index is 1530. The van der Waals surface area contributed by atoms with Crippen LogP contribution >= 0.6 is 23.2 Å². The van der Waals surface area contributed by atoms with E-state index >= 15 is 4.39 Å². The van der Waals surface area contributed by atoms with E-state index in [4.69, 9.17) is 27.9 Å². The van der Waals surface area contributed by atoms with Crippen LogP contribution in [-0.2, 0) is 22.4 Å². The molecule has 6 rings (SSSR count). The molecule has 2 atom stereocenters. The summed E-state index contributed by atoms with van der Waals surface area (Å²) >= 11 is 12.3. The number of amides is 1. The van der Waals surface area contributed by atoms with Crippen LogP contribution in [0.2, 0.25) is 10.0 Å². The largest absolute Gasteiger partial charge is 0.396 e. The molecule has 8 nitrogen and oxygen atoms in total. The first-order valence-corrected chi connectivity index (χ1v) is 15.7. The molecule has 1 amide bonds. The van der Waals surface area contributed by atoms with Crippen molar-refractivity contribution in [1.29, 1.82) is 0 Å². The number of ether oxygens (including phenoxy) is 1. The van der Waals surface area contributed by atoms with Crippen LogP contribution in [0.1, 0.15) is 78.3 Å². The van der Waals surface area contributed by atoms with Crippen molar-refractivity contribution < 1.29 is 29.2 Å². The highest BCUT2D eigenvalue weighted by atomic mass is 35.5. The van der Waals surface area contributed by atoms with E-state index in [-0.39, 0.29) is 48.8 Å². The van der Waals surface area contributed by atoms with Gasteiger partial charge in [0.05, 0.1) is 43.1 Å². The highest BCUT2D eigenvalue weighted by molar-refractivity contribution is 6.30. The van der Waals surface area contributed by atoms with Gasteiger partial charge in [-0.05, 0) is 86.8 Å². The SMILES string of the molecule is CC(O)(c1cc(F)c2c(c1)C(=O)N(Cc1ncc(Cl)cn1)[C@@]2(COCC1(CO)CC1)c1ccc(Cl)cc1)C1CCC(O)CC1. The summed E-state index contributed by atoms with van der Waals surface area (Å²) in [5, 5.41) is 32.5. The minimum Gasteiger partial charge on any atom is -0.396 e. The molecule has 3 aromatic rings. The van der Waals surface area contributed by atoms with Crippen LogP contribution in [0, 0.1) is 17.2 Å². The molecule has 0 bridgehead atoms. The molecule has 1 aromatic heterocycles. The molecule has 2 aliphatic carbocycles. The first-order chi connectivity index (χ1) is 21.0. The normalized spacial score (nSPS) is 25.5. The molecule has 2 heterocycles. The Morgan fingerprint density at radius 3 is 2.32 bits per heavy atom. The maximum atomic E-state index is 16.7. The number of halogens is 3. The number of aliphatic hydroxyl groups excluding tert-OH is 2. The van der Waals surface area contributed by atoms with Crippen molar-refractivity contribution in [2.75, 3.05) is 19.8 Å². The second-order valence-corrected chi connectivity index (χ2v) is 13.6. The molecule has 2 fully saturated rings. The number of nitrogens with zero attached hydrogens (tertiary/aromatic N) is 3. The molecule has 1 aliphatic heterocycles. The van der Waals surface area contributed by atoms with E-state index in [2.05, 4.69) is 9.97 Å². The quantitative estimate of drug-likeness (QED) is 0.272. The van der Waals surface area contributed by atoms with Crippen molar-refractivity contribution >= 4 is 29.1 Å². The van der Waals surface area contributed by atoms with E-state index in [1.807, 2.05) is 0 Å². The molecule has 3 aliphatic rings. The lowest BCUT2D eigenvalue weighted by Crippen LogP contribution is -2.48. The third-order valence-electron chi connectivity index (χ3n) is 9.82. The van der Waals surface area contributed by atoms with Gasteiger partial charge < -0.3 is 25.0 Å². The number of hydrogen-bond donors (Lipinski definition) is 3.